The summed E-state index contributed by atoms with van der Waals surface area (Å²) in [4.78, 5) is 39.2. The van der Waals surface area contributed by atoms with Crippen LogP contribution in [0.2, 0.25) is 0 Å². The highest BCUT2D eigenvalue weighted by Gasteiger charge is 2.50. The highest BCUT2D eigenvalue weighted by atomic mass is 19.1. The quantitative estimate of drug-likeness (QED) is 0.507. The molecule has 168 valence electrons. The lowest BCUT2D eigenvalue weighted by atomic mass is 9.72. The van der Waals surface area contributed by atoms with Crippen molar-refractivity contribution in [3.05, 3.63) is 65.9 Å². The summed E-state index contributed by atoms with van der Waals surface area (Å²) in [5, 5.41) is 31.6. The first-order valence-corrected chi connectivity index (χ1v) is 9.64. The smallest absolute Gasteiger partial charge is 0.314 e. The Labute approximate surface area is 181 Å². The Balaban J connectivity index is 0.000000913. The Hall–Kier alpha value is -3.86. The second kappa shape index (κ2) is 9.52. The molecular weight excluding hydrogens is 423 g/mol. The van der Waals surface area contributed by atoms with Crippen molar-refractivity contribution in [2.24, 2.45) is 5.41 Å². The minimum atomic E-state index is -1.60. The number of fused-ring (bicyclic) bond motifs is 1. The number of piperidine rings is 1. The van der Waals surface area contributed by atoms with Gasteiger partial charge in [0.25, 0.3) is 12.4 Å². The zero-order valence-corrected chi connectivity index (χ0v) is 16.8. The van der Waals surface area contributed by atoms with Gasteiger partial charge in [0.15, 0.2) is 11.3 Å². The van der Waals surface area contributed by atoms with Crippen LogP contribution in [0.5, 0.6) is 0 Å². The number of amides is 1. The topological polar surface area (TPSA) is 145 Å². The number of imidazole rings is 1. The Morgan fingerprint density at radius 1 is 1.25 bits per heavy atom. The molecule has 1 aliphatic heterocycles. The van der Waals surface area contributed by atoms with Gasteiger partial charge >= 0.3 is 5.97 Å². The maximum atomic E-state index is 13.2. The van der Waals surface area contributed by atoms with E-state index in [1.165, 1.54) is 46.1 Å². The number of carboxylic acids is 1. The summed E-state index contributed by atoms with van der Waals surface area (Å²) in [7, 11) is 0. The molecule has 3 N–H and O–H groups in total. The molecule has 2 atom stereocenters. The number of aromatic nitrogens is 3. The van der Waals surface area contributed by atoms with Crippen molar-refractivity contribution in [3.8, 4) is 0 Å². The monoisotopic (exact) mass is 444 g/mol. The highest BCUT2D eigenvalue weighted by molar-refractivity contribution is 5.93. The fourth-order valence-corrected chi connectivity index (χ4v) is 3.82. The molecule has 4 rings (SSSR count). The summed E-state index contributed by atoms with van der Waals surface area (Å²) < 4.78 is 14.6. The number of aliphatic hydroxyl groups excluding tert-OH is 1. The van der Waals surface area contributed by atoms with Crippen LogP contribution in [0.4, 0.5) is 4.39 Å². The van der Waals surface area contributed by atoms with E-state index in [0.717, 1.165) is 0 Å². The number of aliphatic carboxylic acids is 1. The van der Waals surface area contributed by atoms with Crippen LogP contribution in [0, 0.1) is 11.2 Å². The lowest BCUT2D eigenvalue weighted by Crippen LogP contribution is -2.58. The van der Waals surface area contributed by atoms with Crippen molar-refractivity contribution in [2.75, 3.05) is 13.1 Å². The van der Waals surface area contributed by atoms with Crippen LogP contribution < -0.4 is 0 Å². The fraction of sp³-hybridized carbons (Fsp3) is 0.286. The SMILES string of the molecule is O=C(c1cnc2cccnn12)N1CC[C@H](O)[C@](Cc2ccc(F)cc2)(C(=O)O)C1.O=CO. The van der Waals surface area contributed by atoms with E-state index in [1.807, 2.05) is 0 Å². The predicted molar refractivity (Wildman–Crippen MR) is 108 cm³/mol. The van der Waals surface area contributed by atoms with E-state index in [1.54, 1.807) is 12.1 Å². The lowest BCUT2D eigenvalue weighted by molar-refractivity contribution is -0.161. The van der Waals surface area contributed by atoms with Crippen molar-refractivity contribution in [2.45, 2.75) is 18.9 Å². The molecule has 2 aromatic heterocycles. The van der Waals surface area contributed by atoms with Crippen LogP contribution in [0.25, 0.3) is 5.65 Å². The largest absolute Gasteiger partial charge is 0.483 e. The molecule has 0 unspecified atom stereocenters. The van der Waals surface area contributed by atoms with Gasteiger partial charge in [0.2, 0.25) is 0 Å². The van der Waals surface area contributed by atoms with Crippen molar-refractivity contribution < 1.29 is 34.1 Å². The van der Waals surface area contributed by atoms with E-state index < -0.39 is 29.2 Å². The van der Waals surface area contributed by atoms with Crippen LogP contribution in [-0.2, 0) is 16.0 Å². The number of carbonyl (C=O) groups excluding carboxylic acids is 1. The van der Waals surface area contributed by atoms with E-state index in [0.29, 0.717) is 11.2 Å². The predicted octanol–water partition coefficient (Wildman–Crippen LogP) is 1.09. The van der Waals surface area contributed by atoms with E-state index >= 15 is 0 Å². The highest BCUT2D eigenvalue weighted by Crippen LogP contribution is 2.35. The molecule has 1 fully saturated rings. The molecular formula is C21H21FN4O6. The normalized spacial score (nSPS) is 20.3. The summed E-state index contributed by atoms with van der Waals surface area (Å²) in [6.45, 7) is -0.224. The Morgan fingerprint density at radius 2 is 1.94 bits per heavy atom. The number of carboxylic acid groups (broad SMARTS) is 2. The van der Waals surface area contributed by atoms with E-state index in [9.17, 15) is 24.2 Å². The minimum Gasteiger partial charge on any atom is -0.483 e. The Bertz CT molecular complexity index is 1120. The third-order valence-electron chi connectivity index (χ3n) is 5.43. The molecule has 10 nitrogen and oxygen atoms in total. The van der Waals surface area contributed by atoms with E-state index in [2.05, 4.69) is 10.1 Å². The average molecular weight is 444 g/mol. The van der Waals surface area contributed by atoms with Crippen LogP contribution >= 0.6 is 0 Å². The number of carbonyl (C=O) groups is 3. The number of hydrogen-bond donors (Lipinski definition) is 3. The molecule has 1 aliphatic rings. The number of benzene rings is 1. The zero-order valence-electron chi connectivity index (χ0n) is 16.8. The van der Waals surface area contributed by atoms with Gasteiger partial charge in [-0.15, -0.1) is 0 Å². The average Bonchev–Trinajstić information content (AvgIpc) is 3.21. The van der Waals surface area contributed by atoms with Crippen LogP contribution in [0.1, 0.15) is 22.5 Å². The van der Waals surface area contributed by atoms with Gasteiger partial charge < -0.3 is 20.2 Å². The molecule has 0 spiro atoms. The first-order chi connectivity index (χ1) is 15.3. The third kappa shape index (κ3) is 4.42. The molecule has 0 radical (unpaired) electrons. The molecule has 1 saturated heterocycles. The number of rotatable bonds is 4. The van der Waals surface area contributed by atoms with E-state index in [-0.39, 0.29) is 38.1 Å². The summed E-state index contributed by atoms with van der Waals surface area (Å²) >= 11 is 0. The number of likely N-dealkylation sites (tertiary alicyclic amines) is 1. The standard InChI is InChI=1S/C20H19FN4O4.CH2O2/c21-14-5-3-13(4-6-14)10-20(19(28)29)12-24(9-7-16(20)26)18(27)15-11-22-17-2-1-8-23-25(15)17;2-1-3/h1-6,8,11,16,26H,7,9-10,12H2,(H,28,29);1H,(H,2,3)/t16-,20+;/m0./s1. The lowest BCUT2D eigenvalue weighted by Gasteiger charge is -2.43. The molecule has 0 bridgehead atoms. The molecule has 3 aromatic rings. The maximum Gasteiger partial charge on any atom is 0.314 e. The van der Waals surface area contributed by atoms with Gasteiger partial charge in [0, 0.05) is 19.3 Å². The van der Waals surface area contributed by atoms with Crippen molar-refractivity contribution in [3.63, 3.8) is 0 Å². The number of halogens is 1. The summed E-state index contributed by atoms with van der Waals surface area (Å²) in [5.41, 5.74) is -0.306. The fourth-order valence-electron chi connectivity index (χ4n) is 3.82. The van der Waals surface area contributed by atoms with Crippen molar-refractivity contribution in [1.82, 2.24) is 19.5 Å². The molecule has 1 aromatic carbocycles. The van der Waals surface area contributed by atoms with Crippen LogP contribution in [0.15, 0.2) is 48.8 Å². The summed E-state index contributed by atoms with van der Waals surface area (Å²) in [5.74, 6) is -2.05. The summed E-state index contributed by atoms with van der Waals surface area (Å²) in [6, 6.07) is 8.87. The molecule has 0 aliphatic carbocycles. The van der Waals surface area contributed by atoms with Crippen molar-refractivity contribution in [1.29, 1.82) is 0 Å². The second-order valence-electron chi connectivity index (χ2n) is 7.34. The minimum absolute atomic E-state index is 0.0288. The Morgan fingerprint density at radius 3 is 2.59 bits per heavy atom. The van der Waals surface area contributed by atoms with Crippen molar-refractivity contribution >= 4 is 24.0 Å². The van der Waals surface area contributed by atoms with Crippen LogP contribution in [-0.4, -0.2) is 72.4 Å². The number of nitrogens with zero attached hydrogens (tertiary/aromatic N) is 4. The molecule has 1 amide bonds. The number of aliphatic hydroxyl groups is 1. The molecule has 32 heavy (non-hydrogen) atoms. The van der Waals surface area contributed by atoms with E-state index in [4.69, 9.17) is 9.90 Å². The van der Waals surface area contributed by atoms with Crippen LogP contribution in [0.3, 0.4) is 0 Å². The van der Waals surface area contributed by atoms with Gasteiger partial charge in [-0.25, -0.2) is 13.9 Å². The maximum absolute atomic E-state index is 13.2. The first-order valence-electron chi connectivity index (χ1n) is 9.64. The zero-order chi connectivity index (χ0) is 23.3. The molecule has 0 saturated carbocycles. The second-order valence-corrected chi connectivity index (χ2v) is 7.34. The number of hydrogen-bond acceptors (Lipinski definition) is 6. The summed E-state index contributed by atoms with van der Waals surface area (Å²) in [6.07, 6.45) is 1.87. The van der Waals surface area contributed by atoms with Gasteiger partial charge in [0.1, 0.15) is 11.2 Å². The van der Waals surface area contributed by atoms with Gasteiger partial charge in [-0.3, -0.25) is 14.4 Å². The van der Waals surface area contributed by atoms with Gasteiger partial charge in [-0.1, -0.05) is 12.1 Å². The van der Waals surface area contributed by atoms with Gasteiger partial charge in [-0.05, 0) is 42.7 Å². The van der Waals surface area contributed by atoms with Gasteiger partial charge in [0.05, 0.1) is 12.3 Å². The van der Waals surface area contributed by atoms with Gasteiger partial charge in [-0.2, -0.15) is 5.10 Å². The molecule has 11 heteroatoms. The third-order valence-corrected chi connectivity index (χ3v) is 5.43. The Kier molecular flexibility index (Phi) is 6.79. The molecule has 3 heterocycles. The first kappa shape index (κ1) is 22.8.